The van der Waals surface area contributed by atoms with E-state index < -0.39 is 0 Å². The fourth-order valence-electron chi connectivity index (χ4n) is 1.91. The molecule has 0 N–H and O–H groups in total. The van der Waals surface area contributed by atoms with Gasteiger partial charge >= 0.3 is 0 Å². The van der Waals surface area contributed by atoms with Crippen LogP contribution in [0.4, 0.5) is 0 Å². The summed E-state index contributed by atoms with van der Waals surface area (Å²) in [4.78, 5) is 0. The molecule has 58 valence electrons. The molecule has 0 aromatic rings. The Hall–Kier alpha value is -0.260. The Morgan fingerprint density at radius 3 is 2.80 bits per heavy atom. The molecule has 1 rings (SSSR count). The van der Waals surface area contributed by atoms with Crippen molar-refractivity contribution >= 4 is 0 Å². The maximum Gasteiger partial charge on any atom is -0.0294 e. The van der Waals surface area contributed by atoms with Crippen LogP contribution < -0.4 is 0 Å². The van der Waals surface area contributed by atoms with E-state index in [9.17, 15) is 0 Å². The van der Waals surface area contributed by atoms with Crippen LogP contribution in [0.1, 0.15) is 40.0 Å². The molecule has 1 aliphatic rings. The van der Waals surface area contributed by atoms with Gasteiger partial charge in [-0.2, -0.15) is 0 Å². The zero-order valence-corrected chi connectivity index (χ0v) is 7.35. The summed E-state index contributed by atoms with van der Waals surface area (Å²) >= 11 is 0. The Labute approximate surface area is 64.3 Å². The van der Waals surface area contributed by atoms with E-state index >= 15 is 0 Å². The molecular weight excluding hydrogens is 120 g/mol. The molecule has 0 saturated heterocycles. The fourth-order valence-corrected chi connectivity index (χ4v) is 1.91. The second-order valence-corrected chi connectivity index (χ2v) is 3.64. The van der Waals surface area contributed by atoms with Gasteiger partial charge in [0.2, 0.25) is 0 Å². The minimum absolute atomic E-state index is 0.926. The molecule has 0 amide bonds. The highest BCUT2D eigenvalue weighted by Crippen LogP contribution is 2.30. The van der Waals surface area contributed by atoms with Gasteiger partial charge in [-0.3, -0.25) is 0 Å². The zero-order chi connectivity index (χ0) is 7.56. The first kappa shape index (κ1) is 7.84. The van der Waals surface area contributed by atoms with Gasteiger partial charge in [-0.15, -0.1) is 0 Å². The molecule has 0 fully saturated rings. The molecule has 0 spiro atoms. The van der Waals surface area contributed by atoms with Crippen molar-refractivity contribution in [1.29, 1.82) is 0 Å². The summed E-state index contributed by atoms with van der Waals surface area (Å²) in [6, 6.07) is 0. The van der Waals surface area contributed by atoms with E-state index in [1.807, 2.05) is 0 Å². The van der Waals surface area contributed by atoms with Crippen molar-refractivity contribution in [2.75, 3.05) is 0 Å². The predicted octanol–water partition coefficient (Wildman–Crippen LogP) is 3.39. The van der Waals surface area contributed by atoms with Crippen LogP contribution in [-0.4, -0.2) is 0 Å². The van der Waals surface area contributed by atoms with Crippen molar-refractivity contribution in [2.24, 2.45) is 11.8 Å². The van der Waals surface area contributed by atoms with Crippen molar-refractivity contribution in [1.82, 2.24) is 0 Å². The van der Waals surface area contributed by atoms with E-state index in [0.29, 0.717) is 0 Å². The number of rotatable bonds is 1. The second kappa shape index (κ2) is 3.23. The SMILES string of the molecule is CCC1CC=C(C)C[C@H]1C. The van der Waals surface area contributed by atoms with Crippen LogP contribution in [0.3, 0.4) is 0 Å². The smallest absolute Gasteiger partial charge is 0.0294 e. The fraction of sp³-hybridized carbons (Fsp3) is 0.800. The van der Waals surface area contributed by atoms with E-state index in [-0.39, 0.29) is 0 Å². The van der Waals surface area contributed by atoms with Gasteiger partial charge in [-0.05, 0) is 31.6 Å². The van der Waals surface area contributed by atoms with E-state index in [1.54, 1.807) is 5.57 Å². The normalized spacial score (nSPS) is 33.7. The quantitative estimate of drug-likeness (QED) is 0.487. The number of hydrogen-bond donors (Lipinski definition) is 0. The van der Waals surface area contributed by atoms with E-state index in [0.717, 1.165) is 11.8 Å². The minimum atomic E-state index is 0.926. The molecule has 0 aliphatic heterocycles. The molecule has 1 aliphatic carbocycles. The minimum Gasteiger partial charge on any atom is -0.0853 e. The molecule has 0 radical (unpaired) electrons. The summed E-state index contributed by atoms with van der Waals surface area (Å²) in [6.07, 6.45) is 6.42. The van der Waals surface area contributed by atoms with Gasteiger partial charge in [-0.1, -0.05) is 31.9 Å². The van der Waals surface area contributed by atoms with Crippen molar-refractivity contribution in [3.05, 3.63) is 11.6 Å². The molecule has 0 aromatic heterocycles. The lowest BCUT2D eigenvalue weighted by Gasteiger charge is -2.26. The molecule has 2 atom stereocenters. The topological polar surface area (TPSA) is 0 Å². The zero-order valence-electron chi connectivity index (χ0n) is 7.35. The van der Waals surface area contributed by atoms with Crippen LogP contribution in [0, 0.1) is 11.8 Å². The average molecular weight is 138 g/mol. The van der Waals surface area contributed by atoms with E-state index in [4.69, 9.17) is 0 Å². The summed E-state index contributed by atoms with van der Waals surface area (Å²) in [7, 11) is 0. The summed E-state index contributed by atoms with van der Waals surface area (Å²) < 4.78 is 0. The second-order valence-electron chi connectivity index (χ2n) is 3.64. The molecule has 0 nitrogen and oxygen atoms in total. The van der Waals surface area contributed by atoms with E-state index in [1.165, 1.54) is 19.3 Å². The Morgan fingerprint density at radius 2 is 2.30 bits per heavy atom. The third kappa shape index (κ3) is 1.62. The number of allylic oxidation sites excluding steroid dienone is 2. The van der Waals surface area contributed by atoms with Gasteiger partial charge < -0.3 is 0 Å². The summed E-state index contributed by atoms with van der Waals surface area (Å²) in [5.41, 5.74) is 1.59. The van der Waals surface area contributed by atoms with Crippen LogP contribution >= 0.6 is 0 Å². The first-order valence-corrected chi connectivity index (χ1v) is 4.39. The van der Waals surface area contributed by atoms with Crippen LogP contribution in [0.5, 0.6) is 0 Å². The Morgan fingerprint density at radius 1 is 1.60 bits per heavy atom. The van der Waals surface area contributed by atoms with Crippen LogP contribution in [0.2, 0.25) is 0 Å². The first-order chi connectivity index (χ1) is 4.74. The van der Waals surface area contributed by atoms with Gasteiger partial charge in [0.15, 0.2) is 0 Å². The van der Waals surface area contributed by atoms with Crippen LogP contribution in [-0.2, 0) is 0 Å². The highest BCUT2D eigenvalue weighted by molar-refractivity contribution is 5.04. The highest BCUT2D eigenvalue weighted by Gasteiger charge is 2.18. The third-order valence-electron chi connectivity index (χ3n) is 2.74. The first-order valence-electron chi connectivity index (χ1n) is 4.39. The largest absolute Gasteiger partial charge is 0.0853 e. The van der Waals surface area contributed by atoms with Crippen molar-refractivity contribution in [3.8, 4) is 0 Å². The van der Waals surface area contributed by atoms with Crippen LogP contribution in [0.15, 0.2) is 11.6 Å². The molecule has 0 heteroatoms. The van der Waals surface area contributed by atoms with Crippen molar-refractivity contribution < 1.29 is 0 Å². The summed E-state index contributed by atoms with van der Waals surface area (Å²) in [6.45, 7) is 6.93. The van der Waals surface area contributed by atoms with Gasteiger partial charge in [0.1, 0.15) is 0 Å². The van der Waals surface area contributed by atoms with Gasteiger partial charge in [0, 0.05) is 0 Å². The van der Waals surface area contributed by atoms with Gasteiger partial charge in [-0.25, -0.2) is 0 Å². The third-order valence-corrected chi connectivity index (χ3v) is 2.74. The maximum absolute atomic E-state index is 2.41. The average Bonchev–Trinajstić information content (AvgIpc) is 1.88. The molecule has 1 unspecified atom stereocenters. The monoisotopic (exact) mass is 138 g/mol. The molecule has 10 heavy (non-hydrogen) atoms. The Balaban J connectivity index is 2.52. The predicted molar refractivity (Wildman–Crippen MR) is 45.9 cm³/mol. The van der Waals surface area contributed by atoms with Crippen molar-refractivity contribution in [3.63, 3.8) is 0 Å². The van der Waals surface area contributed by atoms with Crippen LogP contribution in [0.25, 0.3) is 0 Å². The molecule has 0 saturated carbocycles. The molecular formula is C10H18. The van der Waals surface area contributed by atoms with E-state index in [2.05, 4.69) is 26.8 Å². The Kier molecular flexibility index (Phi) is 2.53. The lowest BCUT2D eigenvalue weighted by Crippen LogP contribution is -2.14. The maximum atomic E-state index is 2.41. The molecule has 0 bridgehead atoms. The van der Waals surface area contributed by atoms with Gasteiger partial charge in [0.25, 0.3) is 0 Å². The molecule has 0 heterocycles. The summed E-state index contributed by atoms with van der Waals surface area (Å²) in [5, 5.41) is 0. The Bertz CT molecular complexity index is 133. The van der Waals surface area contributed by atoms with Gasteiger partial charge in [0.05, 0.1) is 0 Å². The number of hydrogen-bond acceptors (Lipinski definition) is 0. The lowest BCUT2D eigenvalue weighted by atomic mass is 9.80. The highest BCUT2D eigenvalue weighted by atomic mass is 14.2. The lowest BCUT2D eigenvalue weighted by molar-refractivity contribution is 0.331. The molecule has 0 aromatic carbocycles. The summed E-state index contributed by atoms with van der Waals surface area (Å²) in [5.74, 6) is 1.89. The standard InChI is InChI=1S/C10H18/c1-4-10-6-5-8(2)7-9(10)3/h5,9-10H,4,6-7H2,1-3H3/t9-,10?/m1/s1. The van der Waals surface area contributed by atoms with Crippen molar-refractivity contribution in [2.45, 2.75) is 40.0 Å².